The van der Waals surface area contributed by atoms with Crippen LogP contribution in [0.4, 0.5) is 4.79 Å². The van der Waals surface area contributed by atoms with Gasteiger partial charge >= 0.3 is 12.1 Å². The molecule has 64 valence electrons. The van der Waals surface area contributed by atoms with Gasteiger partial charge in [-0.3, -0.25) is 0 Å². The van der Waals surface area contributed by atoms with Crippen LogP contribution in [0.2, 0.25) is 0 Å². The summed E-state index contributed by atoms with van der Waals surface area (Å²) in [4.78, 5) is 20.9. The smallest absolute Gasteiger partial charge is 0.371 e. The number of aromatic nitrogens is 1. The van der Waals surface area contributed by atoms with Crippen LogP contribution in [0.25, 0.3) is 0 Å². The molecule has 0 aliphatic heterocycles. The Bertz CT molecular complexity index is 317. The molecule has 0 bridgehead atoms. The molecule has 0 aliphatic carbocycles. The van der Waals surface area contributed by atoms with E-state index in [1.165, 1.54) is 6.07 Å². The van der Waals surface area contributed by atoms with E-state index in [1.54, 1.807) is 6.92 Å². The summed E-state index contributed by atoms with van der Waals surface area (Å²) < 4.78 is 8.59. The summed E-state index contributed by atoms with van der Waals surface area (Å²) in [6.45, 7) is 1.61. The number of esters is 1. The van der Waals surface area contributed by atoms with Crippen LogP contribution in [0.1, 0.15) is 16.2 Å². The molecule has 6 heteroatoms. The zero-order chi connectivity index (χ0) is 9.14. The third kappa shape index (κ3) is 1.82. The Morgan fingerprint density at radius 3 is 2.75 bits per heavy atom. The Morgan fingerprint density at radius 2 is 2.33 bits per heavy atom. The van der Waals surface area contributed by atoms with Crippen LogP contribution in [0.5, 0.6) is 0 Å². The number of carbonyl (C=O) groups is 2. The topological polar surface area (TPSA) is 95.4 Å². The molecule has 2 N–H and O–H groups in total. The van der Waals surface area contributed by atoms with Crippen molar-refractivity contribution in [1.82, 2.24) is 5.16 Å². The van der Waals surface area contributed by atoms with Gasteiger partial charge in [-0.25, -0.2) is 9.59 Å². The van der Waals surface area contributed by atoms with Gasteiger partial charge in [0.2, 0.25) is 0 Å². The second-order valence-corrected chi connectivity index (χ2v) is 2.03. The second-order valence-electron chi connectivity index (χ2n) is 2.03. The van der Waals surface area contributed by atoms with Gasteiger partial charge in [0.25, 0.3) is 0 Å². The summed E-state index contributed by atoms with van der Waals surface area (Å²) in [5.41, 5.74) is 4.52. The van der Waals surface area contributed by atoms with Gasteiger partial charge in [-0.05, 0) is 6.92 Å². The molecule has 1 aromatic heterocycles. The molecule has 0 aliphatic rings. The van der Waals surface area contributed by atoms with Gasteiger partial charge in [-0.15, -0.1) is 0 Å². The van der Waals surface area contributed by atoms with Crippen molar-refractivity contribution in [3.05, 3.63) is 17.5 Å². The fraction of sp³-hybridized carbons (Fsp3) is 0.167. The second kappa shape index (κ2) is 3.04. The number of ether oxygens (including phenoxy) is 1. The average molecular weight is 170 g/mol. The van der Waals surface area contributed by atoms with E-state index in [-0.39, 0.29) is 5.69 Å². The predicted octanol–water partition coefficient (Wildman–Crippen LogP) is 0.219. The number of aryl methyl sites for hydroxylation is 1. The lowest BCUT2D eigenvalue weighted by atomic mass is 10.4. The molecule has 0 unspecified atom stereocenters. The van der Waals surface area contributed by atoms with Crippen molar-refractivity contribution < 1.29 is 18.8 Å². The lowest BCUT2D eigenvalue weighted by Gasteiger charge is -1.92. The van der Waals surface area contributed by atoms with Gasteiger partial charge in [0.15, 0.2) is 5.69 Å². The molecule has 0 atom stereocenters. The highest BCUT2D eigenvalue weighted by molar-refractivity contribution is 5.94. The maximum Gasteiger partial charge on any atom is 0.412 e. The minimum atomic E-state index is -1.17. The Balaban J connectivity index is 2.72. The molecule has 0 aromatic carbocycles. The van der Waals surface area contributed by atoms with Gasteiger partial charge in [-0.1, -0.05) is 5.16 Å². The van der Waals surface area contributed by atoms with E-state index in [9.17, 15) is 9.59 Å². The van der Waals surface area contributed by atoms with E-state index in [1.807, 2.05) is 0 Å². The molecular weight excluding hydrogens is 164 g/mol. The maximum absolute atomic E-state index is 10.8. The first-order chi connectivity index (χ1) is 5.59. The van der Waals surface area contributed by atoms with Crippen LogP contribution in [0, 0.1) is 6.92 Å². The van der Waals surface area contributed by atoms with E-state index in [0.29, 0.717) is 5.76 Å². The van der Waals surface area contributed by atoms with Gasteiger partial charge in [0.05, 0.1) is 0 Å². The number of rotatable bonds is 1. The Labute approximate surface area is 67.3 Å². The fourth-order valence-corrected chi connectivity index (χ4v) is 0.606. The lowest BCUT2D eigenvalue weighted by Crippen LogP contribution is -2.18. The Hall–Kier alpha value is -1.85. The standard InChI is InChI=1S/C6H6N2O4/c1-3-2-4(8-12-3)5(9)11-6(7)10/h2H,1H3,(H2,7,10). The van der Waals surface area contributed by atoms with E-state index < -0.39 is 12.1 Å². The Morgan fingerprint density at radius 1 is 1.67 bits per heavy atom. The largest absolute Gasteiger partial charge is 0.412 e. The van der Waals surface area contributed by atoms with Crippen LogP contribution in [0.3, 0.4) is 0 Å². The lowest BCUT2D eigenvalue weighted by molar-refractivity contribution is 0.0627. The highest BCUT2D eigenvalue weighted by atomic mass is 16.6. The van der Waals surface area contributed by atoms with E-state index >= 15 is 0 Å². The minimum Gasteiger partial charge on any atom is -0.371 e. The Kier molecular flexibility index (Phi) is 2.09. The number of amides is 1. The molecule has 1 rings (SSSR count). The van der Waals surface area contributed by atoms with Gasteiger partial charge in [0, 0.05) is 6.07 Å². The molecule has 6 nitrogen and oxygen atoms in total. The number of primary amides is 1. The van der Waals surface area contributed by atoms with Crippen LogP contribution in [-0.2, 0) is 4.74 Å². The van der Waals surface area contributed by atoms with Crippen LogP contribution in [0.15, 0.2) is 10.6 Å². The van der Waals surface area contributed by atoms with Crippen molar-refractivity contribution in [1.29, 1.82) is 0 Å². The third-order valence-electron chi connectivity index (χ3n) is 1.03. The molecule has 1 amide bonds. The zero-order valence-electron chi connectivity index (χ0n) is 6.23. The summed E-state index contributed by atoms with van der Waals surface area (Å²) in [7, 11) is 0. The van der Waals surface area contributed by atoms with Crippen molar-refractivity contribution in [2.24, 2.45) is 5.73 Å². The maximum atomic E-state index is 10.8. The average Bonchev–Trinajstić information content (AvgIpc) is 2.34. The van der Waals surface area contributed by atoms with E-state index in [2.05, 4.69) is 20.2 Å². The summed E-state index contributed by atoms with van der Waals surface area (Å²) >= 11 is 0. The molecule has 1 aromatic rings. The summed E-state index contributed by atoms with van der Waals surface area (Å²) in [6, 6.07) is 1.34. The first kappa shape index (κ1) is 8.25. The molecule has 1 heterocycles. The molecule has 0 spiro atoms. The van der Waals surface area contributed by atoms with E-state index in [0.717, 1.165) is 0 Å². The van der Waals surface area contributed by atoms with Gasteiger partial charge in [0.1, 0.15) is 5.76 Å². The summed E-state index contributed by atoms with van der Waals surface area (Å²) in [6.07, 6.45) is -1.17. The van der Waals surface area contributed by atoms with Gasteiger partial charge in [-0.2, -0.15) is 0 Å². The fourth-order valence-electron chi connectivity index (χ4n) is 0.606. The van der Waals surface area contributed by atoms with Crippen molar-refractivity contribution in [3.63, 3.8) is 0 Å². The predicted molar refractivity (Wildman–Crippen MR) is 36.2 cm³/mol. The zero-order valence-corrected chi connectivity index (χ0v) is 6.23. The summed E-state index contributed by atoms with van der Waals surface area (Å²) in [5.74, 6) is -0.467. The van der Waals surface area contributed by atoms with Crippen molar-refractivity contribution in [2.75, 3.05) is 0 Å². The number of hydrogen-bond donors (Lipinski definition) is 1. The van der Waals surface area contributed by atoms with Crippen LogP contribution >= 0.6 is 0 Å². The third-order valence-corrected chi connectivity index (χ3v) is 1.03. The molecule has 0 radical (unpaired) electrons. The first-order valence-corrected chi connectivity index (χ1v) is 3.04. The number of nitrogens with zero attached hydrogens (tertiary/aromatic N) is 1. The van der Waals surface area contributed by atoms with Crippen molar-refractivity contribution in [3.8, 4) is 0 Å². The number of hydrogen-bond acceptors (Lipinski definition) is 5. The van der Waals surface area contributed by atoms with E-state index in [4.69, 9.17) is 0 Å². The SMILES string of the molecule is Cc1cc(C(=O)OC(N)=O)no1. The number of nitrogens with two attached hydrogens (primary N) is 1. The first-order valence-electron chi connectivity index (χ1n) is 3.04. The molecular formula is C6H6N2O4. The molecule has 0 fully saturated rings. The molecule has 0 saturated carbocycles. The highest BCUT2D eigenvalue weighted by Crippen LogP contribution is 2.02. The number of carbonyl (C=O) groups excluding carboxylic acids is 2. The van der Waals surface area contributed by atoms with Crippen molar-refractivity contribution in [2.45, 2.75) is 6.92 Å². The quantitative estimate of drug-likeness (QED) is 0.480. The molecule has 0 saturated heterocycles. The normalized spacial score (nSPS) is 9.42. The van der Waals surface area contributed by atoms with Gasteiger partial charge < -0.3 is 15.0 Å². The van der Waals surface area contributed by atoms with Crippen LogP contribution < -0.4 is 5.73 Å². The highest BCUT2D eigenvalue weighted by Gasteiger charge is 2.14. The minimum absolute atomic E-state index is 0.0775. The summed E-state index contributed by atoms with van der Waals surface area (Å²) in [5, 5.41) is 3.31. The monoisotopic (exact) mass is 170 g/mol. The van der Waals surface area contributed by atoms with Crippen molar-refractivity contribution >= 4 is 12.1 Å². The molecule has 12 heavy (non-hydrogen) atoms. The van der Waals surface area contributed by atoms with Crippen LogP contribution in [-0.4, -0.2) is 17.2 Å².